The molecule has 0 spiro atoms. The summed E-state index contributed by atoms with van der Waals surface area (Å²) in [6.07, 6.45) is 6.70. The summed E-state index contributed by atoms with van der Waals surface area (Å²) in [6, 6.07) is 7.94. The summed E-state index contributed by atoms with van der Waals surface area (Å²) < 4.78 is 25.0. The Bertz CT molecular complexity index is 733. The molecule has 2 aromatic rings. The van der Waals surface area contributed by atoms with Crippen LogP contribution in [0.1, 0.15) is 37.4 Å². The van der Waals surface area contributed by atoms with E-state index in [0.717, 1.165) is 31.5 Å². The highest BCUT2D eigenvalue weighted by atomic mass is 32.2. The number of rotatable bonds is 4. The summed E-state index contributed by atoms with van der Waals surface area (Å²) in [6.45, 7) is 4.17. The van der Waals surface area contributed by atoms with Gasteiger partial charge in [0.05, 0.1) is 10.9 Å². The topological polar surface area (TPSA) is 68.1 Å². The number of sulfone groups is 1. The van der Waals surface area contributed by atoms with Gasteiger partial charge in [0, 0.05) is 25.4 Å². The zero-order chi connectivity index (χ0) is 16.4. The van der Waals surface area contributed by atoms with Gasteiger partial charge in [0.25, 0.3) is 0 Å². The van der Waals surface area contributed by atoms with E-state index in [-0.39, 0.29) is 6.04 Å². The van der Waals surface area contributed by atoms with Gasteiger partial charge in [-0.3, -0.25) is 4.90 Å². The molecule has 1 aromatic carbocycles. The number of hydrogen-bond donors (Lipinski definition) is 0. The number of nitrogens with zero attached hydrogens (tertiary/aromatic N) is 4. The lowest BCUT2D eigenvalue weighted by molar-refractivity contribution is 0.139. The van der Waals surface area contributed by atoms with Crippen molar-refractivity contribution in [2.45, 2.75) is 36.7 Å². The van der Waals surface area contributed by atoms with Crippen LogP contribution in [0.4, 0.5) is 0 Å². The van der Waals surface area contributed by atoms with E-state index in [9.17, 15) is 8.42 Å². The van der Waals surface area contributed by atoms with Crippen LogP contribution in [-0.2, 0) is 9.84 Å². The Balaban J connectivity index is 1.64. The average molecular weight is 334 g/mol. The molecule has 1 fully saturated rings. The highest BCUT2D eigenvalue weighted by Crippen LogP contribution is 2.28. The summed E-state index contributed by atoms with van der Waals surface area (Å²) in [4.78, 5) is 6.82. The van der Waals surface area contributed by atoms with Crippen molar-refractivity contribution in [1.82, 2.24) is 19.7 Å². The molecule has 0 saturated carbocycles. The zero-order valence-electron chi connectivity index (χ0n) is 13.5. The smallest absolute Gasteiger partial charge is 0.175 e. The van der Waals surface area contributed by atoms with Crippen LogP contribution in [0, 0.1) is 0 Å². The first-order valence-corrected chi connectivity index (χ1v) is 9.72. The van der Waals surface area contributed by atoms with E-state index in [2.05, 4.69) is 21.9 Å². The van der Waals surface area contributed by atoms with Crippen LogP contribution in [0.25, 0.3) is 0 Å². The number of likely N-dealkylation sites (tertiary alicyclic amines) is 1. The molecule has 2 heterocycles. The second kappa shape index (κ2) is 6.41. The maximum atomic E-state index is 11.5. The van der Waals surface area contributed by atoms with E-state index < -0.39 is 9.84 Å². The lowest BCUT2D eigenvalue weighted by atomic mass is 10.0. The molecule has 1 aliphatic heterocycles. The molecular formula is C16H22N4O2S. The summed E-state index contributed by atoms with van der Waals surface area (Å²) >= 11 is 0. The van der Waals surface area contributed by atoms with Crippen molar-refractivity contribution in [3.63, 3.8) is 0 Å². The second-order valence-corrected chi connectivity index (χ2v) is 8.18. The van der Waals surface area contributed by atoms with Crippen LogP contribution < -0.4 is 0 Å². The third-order valence-corrected chi connectivity index (χ3v) is 5.78. The van der Waals surface area contributed by atoms with Crippen LogP contribution >= 0.6 is 0 Å². The van der Waals surface area contributed by atoms with E-state index in [0.29, 0.717) is 10.9 Å². The summed E-state index contributed by atoms with van der Waals surface area (Å²) in [7, 11) is -3.13. The van der Waals surface area contributed by atoms with E-state index in [1.165, 1.54) is 6.26 Å². The molecule has 124 valence electrons. The molecule has 7 heteroatoms. The summed E-state index contributed by atoms with van der Waals surface area (Å²) in [5.74, 6) is 0. The molecule has 0 aliphatic carbocycles. The van der Waals surface area contributed by atoms with Crippen molar-refractivity contribution >= 4 is 9.84 Å². The maximum absolute atomic E-state index is 11.5. The number of benzene rings is 1. The fourth-order valence-corrected chi connectivity index (χ4v) is 3.78. The van der Waals surface area contributed by atoms with Crippen molar-refractivity contribution in [1.29, 1.82) is 0 Å². The van der Waals surface area contributed by atoms with Gasteiger partial charge in [-0.15, -0.1) is 0 Å². The minimum absolute atomic E-state index is 0.278. The molecule has 0 amide bonds. The van der Waals surface area contributed by atoms with Gasteiger partial charge < -0.3 is 0 Å². The minimum Gasteiger partial charge on any atom is -0.296 e. The first kappa shape index (κ1) is 16.1. The quantitative estimate of drug-likeness (QED) is 0.856. The van der Waals surface area contributed by atoms with Gasteiger partial charge in [-0.2, -0.15) is 5.10 Å². The van der Waals surface area contributed by atoms with Crippen LogP contribution in [0.2, 0.25) is 0 Å². The Hall–Kier alpha value is -1.73. The third-order valence-electron chi connectivity index (χ3n) is 4.65. The third kappa shape index (κ3) is 3.61. The predicted octanol–water partition coefficient (Wildman–Crippen LogP) is 2.08. The Morgan fingerprint density at radius 3 is 2.35 bits per heavy atom. The van der Waals surface area contributed by atoms with Crippen molar-refractivity contribution in [2.24, 2.45) is 0 Å². The van der Waals surface area contributed by atoms with E-state index in [4.69, 9.17) is 0 Å². The fraction of sp³-hybridized carbons (Fsp3) is 0.500. The number of piperidine rings is 1. The highest BCUT2D eigenvalue weighted by Gasteiger charge is 2.25. The Kier molecular flexibility index (Phi) is 4.50. The normalized spacial score (nSPS) is 18.9. The van der Waals surface area contributed by atoms with E-state index >= 15 is 0 Å². The van der Waals surface area contributed by atoms with E-state index in [1.807, 2.05) is 16.8 Å². The van der Waals surface area contributed by atoms with Gasteiger partial charge in [-0.1, -0.05) is 12.1 Å². The minimum atomic E-state index is -3.13. The summed E-state index contributed by atoms with van der Waals surface area (Å²) in [5.41, 5.74) is 1.15. The molecule has 6 nitrogen and oxygen atoms in total. The predicted molar refractivity (Wildman–Crippen MR) is 87.8 cm³/mol. The second-order valence-electron chi connectivity index (χ2n) is 6.16. The molecule has 1 saturated heterocycles. The van der Waals surface area contributed by atoms with Crippen molar-refractivity contribution in [2.75, 3.05) is 19.3 Å². The molecule has 1 atom stereocenters. The lowest BCUT2D eigenvalue weighted by Crippen LogP contribution is -2.36. The van der Waals surface area contributed by atoms with Crippen LogP contribution in [0.15, 0.2) is 41.8 Å². The average Bonchev–Trinajstić information content (AvgIpc) is 3.08. The Morgan fingerprint density at radius 1 is 1.17 bits per heavy atom. The highest BCUT2D eigenvalue weighted by molar-refractivity contribution is 7.90. The zero-order valence-corrected chi connectivity index (χ0v) is 14.3. The largest absolute Gasteiger partial charge is 0.296 e. The SMILES string of the molecule is CC(c1ccc(S(C)(=O)=O)cc1)N1CCC(n2cncn2)CC1. The number of hydrogen-bond acceptors (Lipinski definition) is 5. The lowest BCUT2D eigenvalue weighted by Gasteiger charge is -2.36. The number of aromatic nitrogens is 3. The van der Waals surface area contributed by atoms with Crippen molar-refractivity contribution in [3.8, 4) is 0 Å². The monoisotopic (exact) mass is 334 g/mol. The first-order chi connectivity index (χ1) is 10.9. The Morgan fingerprint density at radius 2 is 1.83 bits per heavy atom. The van der Waals surface area contributed by atoms with Crippen LogP contribution in [0.5, 0.6) is 0 Å². The molecule has 3 rings (SSSR count). The van der Waals surface area contributed by atoms with Gasteiger partial charge >= 0.3 is 0 Å². The van der Waals surface area contributed by atoms with Crippen molar-refractivity contribution in [3.05, 3.63) is 42.5 Å². The van der Waals surface area contributed by atoms with Gasteiger partial charge in [-0.25, -0.2) is 18.1 Å². The molecule has 0 radical (unpaired) electrons. The molecule has 0 bridgehead atoms. The molecule has 0 N–H and O–H groups in total. The fourth-order valence-electron chi connectivity index (χ4n) is 3.15. The van der Waals surface area contributed by atoms with Crippen LogP contribution in [0.3, 0.4) is 0 Å². The molecular weight excluding hydrogens is 312 g/mol. The standard InChI is InChI=1S/C16H22N4O2S/c1-13(14-3-5-16(6-4-14)23(2,21)22)19-9-7-15(8-10-19)20-12-17-11-18-20/h3-6,11-13,15H,7-10H2,1-2H3. The van der Waals surface area contributed by atoms with Gasteiger partial charge in [0.1, 0.15) is 12.7 Å². The first-order valence-electron chi connectivity index (χ1n) is 7.83. The van der Waals surface area contributed by atoms with Gasteiger partial charge in [0.2, 0.25) is 0 Å². The summed E-state index contributed by atoms with van der Waals surface area (Å²) in [5, 5.41) is 4.23. The molecule has 1 aromatic heterocycles. The van der Waals surface area contributed by atoms with Gasteiger partial charge in [-0.05, 0) is 37.5 Å². The van der Waals surface area contributed by atoms with Gasteiger partial charge in [0.15, 0.2) is 9.84 Å². The van der Waals surface area contributed by atoms with E-state index in [1.54, 1.807) is 24.8 Å². The molecule has 23 heavy (non-hydrogen) atoms. The molecule has 1 aliphatic rings. The Labute approximate surface area is 137 Å². The van der Waals surface area contributed by atoms with Crippen LogP contribution in [-0.4, -0.2) is 47.4 Å². The van der Waals surface area contributed by atoms with Crippen molar-refractivity contribution < 1.29 is 8.42 Å². The maximum Gasteiger partial charge on any atom is 0.175 e. The molecule has 1 unspecified atom stereocenters.